The van der Waals surface area contributed by atoms with Gasteiger partial charge in [0.1, 0.15) is 4.83 Å². The van der Waals surface area contributed by atoms with Crippen LogP contribution in [0.5, 0.6) is 0 Å². The van der Waals surface area contributed by atoms with Crippen molar-refractivity contribution in [1.82, 2.24) is 0 Å². The Morgan fingerprint density at radius 2 is 1.94 bits per heavy atom. The van der Waals surface area contributed by atoms with Crippen LogP contribution in [0.25, 0.3) is 0 Å². The smallest absolute Gasteiger partial charge is 0.320 e. The topological polar surface area (TPSA) is 46.5 Å². The van der Waals surface area contributed by atoms with E-state index in [9.17, 15) is 9.90 Å². The molecule has 0 spiro atoms. The first-order valence-corrected chi connectivity index (χ1v) is 7.32. The minimum absolute atomic E-state index is 0.0636. The number of aliphatic hydroxyl groups is 1. The van der Waals surface area contributed by atoms with Crippen LogP contribution in [0.15, 0.2) is 0 Å². The highest BCUT2D eigenvalue weighted by molar-refractivity contribution is 9.10. The summed E-state index contributed by atoms with van der Waals surface area (Å²) in [7, 11) is 1.44. The van der Waals surface area contributed by atoms with E-state index < -0.39 is 5.60 Å². The maximum atomic E-state index is 11.8. The van der Waals surface area contributed by atoms with Gasteiger partial charge in [-0.2, -0.15) is 0 Å². The molecule has 4 fully saturated rings. The molecule has 0 aromatic rings. The van der Waals surface area contributed by atoms with Crippen LogP contribution in [-0.2, 0) is 9.53 Å². The molecule has 0 unspecified atom stereocenters. The van der Waals surface area contributed by atoms with Gasteiger partial charge in [0.05, 0.1) is 12.7 Å². The number of ether oxygens (including phenoxy) is 1. The van der Waals surface area contributed by atoms with Gasteiger partial charge in [0, 0.05) is 0 Å². The molecule has 0 aromatic carbocycles. The van der Waals surface area contributed by atoms with Gasteiger partial charge >= 0.3 is 5.97 Å². The Kier molecular flexibility index (Phi) is 2.61. The SMILES string of the molecule is COC(=O)[C@@H](Br)C12C[C@H]3C[C@@H](CC(O)(C3)C1)C2. The van der Waals surface area contributed by atoms with Crippen LogP contribution >= 0.6 is 15.9 Å². The van der Waals surface area contributed by atoms with Gasteiger partial charge in [-0.1, -0.05) is 15.9 Å². The number of esters is 1. The summed E-state index contributed by atoms with van der Waals surface area (Å²) in [5.74, 6) is 1.02. The summed E-state index contributed by atoms with van der Waals surface area (Å²) in [6.07, 6.45) is 6.01. The largest absolute Gasteiger partial charge is 0.468 e. The number of carbonyl (C=O) groups is 1. The number of methoxy groups -OCH3 is 1. The average molecular weight is 303 g/mol. The molecule has 0 amide bonds. The van der Waals surface area contributed by atoms with Crippen LogP contribution in [0.4, 0.5) is 0 Å². The molecule has 3 nitrogen and oxygen atoms in total. The number of rotatable bonds is 2. The predicted octanol–water partition coefficient (Wildman–Crippen LogP) is 2.25. The third-order valence-corrected chi connectivity index (χ3v) is 6.37. The summed E-state index contributed by atoms with van der Waals surface area (Å²) < 4.78 is 4.87. The normalized spacial score (nSPS) is 49.1. The van der Waals surface area contributed by atoms with Crippen molar-refractivity contribution in [2.45, 2.75) is 49.0 Å². The molecule has 4 aliphatic carbocycles. The van der Waals surface area contributed by atoms with Crippen LogP contribution in [0.2, 0.25) is 0 Å². The molecular formula is C13H19BrO3. The minimum Gasteiger partial charge on any atom is -0.468 e. The number of hydrogen-bond donors (Lipinski definition) is 1. The molecule has 4 rings (SSSR count). The summed E-state index contributed by atoms with van der Waals surface area (Å²) in [4.78, 5) is 11.5. The lowest BCUT2D eigenvalue weighted by Gasteiger charge is -2.61. The highest BCUT2D eigenvalue weighted by atomic mass is 79.9. The van der Waals surface area contributed by atoms with Crippen molar-refractivity contribution >= 4 is 21.9 Å². The quantitative estimate of drug-likeness (QED) is 0.629. The van der Waals surface area contributed by atoms with Crippen molar-refractivity contribution in [3.05, 3.63) is 0 Å². The predicted molar refractivity (Wildman–Crippen MR) is 66.8 cm³/mol. The Labute approximate surface area is 110 Å². The lowest BCUT2D eigenvalue weighted by atomic mass is 9.47. The third kappa shape index (κ3) is 1.75. The van der Waals surface area contributed by atoms with Gasteiger partial charge in [-0.15, -0.1) is 0 Å². The van der Waals surface area contributed by atoms with Gasteiger partial charge < -0.3 is 9.84 Å². The Hall–Kier alpha value is -0.0900. The van der Waals surface area contributed by atoms with E-state index in [1.807, 2.05) is 0 Å². The Balaban J connectivity index is 1.90. The molecule has 0 radical (unpaired) electrons. The van der Waals surface area contributed by atoms with E-state index in [0.29, 0.717) is 11.8 Å². The molecular weight excluding hydrogens is 284 g/mol. The second-order valence-electron chi connectivity index (χ2n) is 6.43. The molecule has 0 heterocycles. The fraction of sp³-hybridized carbons (Fsp3) is 0.923. The summed E-state index contributed by atoms with van der Waals surface area (Å²) in [5.41, 5.74) is -0.573. The lowest BCUT2D eigenvalue weighted by Crippen LogP contribution is -2.59. The fourth-order valence-electron chi connectivity index (χ4n) is 4.93. The second kappa shape index (κ2) is 3.70. The van der Waals surface area contributed by atoms with E-state index in [1.165, 1.54) is 13.5 Å². The van der Waals surface area contributed by atoms with Gasteiger partial charge in [0.25, 0.3) is 0 Å². The molecule has 0 saturated heterocycles. The first-order chi connectivity index (χ1) is 7.96. The van der Waals surface area contributed by atoms with Crippen molar-refractivity contribution in [2.75, 3.05) is 7.11 Å². The monoisotopic (exact) mass is 302 g/mol. The zero-order valence-corrected chi connectivity index (χ0v) is 11.7. The standard InChI is InChI=1S/C13H19BrO3/c1-17-11(15)10(14)12-3-8-2-9(4-12)6-13(16,5-8)7-12/h8-10,16H,2-7H2,1H3/t8-,9-,10-,12?,13?/m1/s1. The summed E-state index contributed by atoms with van der Waals surface area (Å²) in [6.45, 7) is 0. The summed E-state index contributed by atoms with van der Waals surface area (Å²) in [6, 6.07) is 0. The molecule has 96 valence electrons. The Morgan fingerprint density at radius 3 is 2.41 bits per heavy atom. The zero-order chi connectivity index (χ0) is 12.3. The second-order valence-corrected chi connectivity index (χ2v) is 7.35. The van der Waals surface area contributed by atoms with E-state index in [0.717, 1.165) is 32.1 Å². The number of hydrogen-bond acceptors (Lipinski definition) is 3. The van der Waals surface area contributed by atoms with Gasteiger partial charge in [-0.3, -0.25) is 4.79 Å². The molecule has 4 bridgehead atoms. The summed E-state index contributed by atoms with van der Waals surface area (Å²) >= 11 is 3.53. The molecule has 0 aromatic heterocycles. The van der Waals surface area contributed by atoms with E-state index >= 15 is 0 Å². The highest BCUT2D eigenvalue weighted by Crippen LogP contribution is 2.63. The molecule has 4 aliphatic rings. The first-order valence-electron chi connectivity index (χ1n) is 6.41. The van der Waals surface area contributed by atoms with Crippen LogP contribution < -0.4 is 0 Å². The van der Waals surface area contributed by atoms with E-state index in [-0.39, 0.29) is 16.2 Å². The highest BCUT2D eigenvalue weighted by Gasteiger charge is 2.60. The van der Waals surface area contributed by atoms with E-state index in [1.54, 1.807) is 0 Å². The molecule has 4 saturated carbocycles. The maximum absolute atomic E-state index is 11.8. The lowest BCUT2D eigenvalue weighted by molar-refractivity contribution is -0.172. The van der Waals surface area contributed by atoms with Crippen molar-refractivity contribution in [3.8, 4) is 0 Å². The Morgan fingerprint density at radius 1 is 1.35 bits per heavy atom. The Bertz CT molecular complexity index is 341. The third-order valence-electron chi connectivity index (χ3n) is 5.02. The number of alkyl halides is 1. The molecule has 0 aliphatic heterocycles. The van der Waals surface area contributed by atoms with Crippen molar-refractivity contribution in [1.29, 1.82) is 0 Å². The first kappa shape index (κ1) is 12.0. The molecule has 17 heavy (non-hydrogen) atoms. The molecule has 1 N–H and O–H groups in total. The van der Waals surface area contributed by atoms with E-state index in [2.05, 4.69) is 15.9 Å². The van der Waals surface area contributed by atoms with Crippen molar-refractivity contribution < 1.29 is 14.6 Å². The van der Waals surface area contributed by atoms with Crippen molar-refractivity contribution in [3.63, 3.8) is 0 Å². The van der Waals surface area contributed by atoms with Crippen LogP contribution in [0.3, 0.4) is 0 Å². The van der Waals surface area contributed by atoms with Crippen LogP contribution in [0.1, 0.15) is 38.5 Å². The molecule has 3 atom stereocenters. The zero-order valence-electron chi connectivity index (χ0n) is 10.1. The van der Waals surface area contributed by atoms with Crippen molar-refractivity contribution in [2.24, 2.45) is 17.3 Å². The van der Waals surface area contributed by atoms with E-state index in [4.69, 9.17) is 4.74 Å². The average Bonchev–Trinajstić information content (AvgIpc) is 2.23. The van der Waals surface area contributed by atoms with Crippen LogP contribution in [-0.4, -0.2) is 28.6 Å². The maximum Gasteiger partial charge on any atom is 0.320 e. The minimum atomic E-state index is -0.510. The summed E-state index contributed by atoms with van der Waals surface area (Å²) in [5, 5.41) is 10.6. The van der Waals surface area contributed by atoms with Gasteiger partial charge in [0.2, 0.25) is 0 Å². The van der Waals surface area contributed by atoms with Gasteiger partial charge in [-0.05, 0) is 55.8 Å². The fourth-order valence-corrected chi connectivity index (χ4v) is 5.66. The number of halogens is 1. The van der Waals surface area contributed by atoms with Gasteiger partial charge in [0.15, 0.2) is 0 Å². The number of carbonyl (C=O) groups excluding carboxylic acids is 1. The van der Waals surface area contributed by atoms with Crippen LogP contribution in [0, 0.1) is 17.3 Å². The molecule has 4 heteroatoms. The van der Waals surface area contributed by atoms with Gasteiger partial charge in [-0.25, -0.2) is 0 Å².